The molecule has 0 radical (unpaired) electrons. The lowest BCUT2D eigenvalue weighted by molar-refractivity contribution is -0.384. The molecule has 1 N–H and O–H groups in total. The Balaban J connectivity index is 2.63. The number of nitrogens with zero attached hydrogens (tertiary/aromatic N) is 1. The molecule has 110 valence electrons. The average molecular weight is 317 g/mol. The van der Waals surface area contributed by atoms with E-state index >= 15 is 0 Å². The fraction of sp³-hybridized carbons (Fsp3) is 0.462. The first-order valence-electron chi connectivity index (χ1n) is 6.07. The number of hydrogen-bond acceptors (Lipinski definition) is 4. The molecule has 0 aliphatic carbocycles. The molecule has 1 amide bonds. The number of carbonyl (C=O) groups excluding carboxylic acids is 1. The van der Waals surface area contributed by atoms with Crippen molar-refractivity contribution in [1.82, 2.24) is 5.32 Å². The Kier molecular flexibility index (Phi) is 5.83. The Morgan fingerprint density at radius 1 is 1.45 bits per heavy atom. The minimum Gasteiger partial charge on any atom is -0.351 e. The quantitative estimate of drug-likeness (QED) is 0.512. The third kappa shape index (κ3) is 5.38. The van der Waals surface area contributed by atoms with Gasteiger partial charge in [0.25, 0.3) is 11.6 Å². The van der Waals surface area contributed by atoms with Crippen molar-refractivity contribution < 1.29 is 9.72 Å². The zero-order chi connectivity index (χ0) is 15.3. The zero-order valence-corrected chi connectivity index (χ0v) is 13.2. The number of benzene rings is 1. The second kappa shape index (κ2) is 6.95. The van der Waals surface area contributed by atoms with Crippen LogP contribution in [0.25, 0.3) is 0 Å². The highest BCUT2D eigenvalue weighted by atomic mass is 35.5. The number of rotatable bonds is 5. The second-order valence-electron chi connectivity index (χ2n) is 5.14. The largest absolute Gasteiger partial charge is 0.351 e. The summed E-state index contributed by atoms with van der Waals surface area (Å²) in [6.45, 7) is 6.77. The Labute approximate surface area is 127 Å². The van der Waals surface area contributed by atoms with Crippen LogP contribution in [0.3, 0.4) is 0 Å². The summed E-state index contributed by atoms with van der Waals surface area (Å²) in [6, 6.07) is 3.82. The van der Waals surface area contributed by atoms with Gasteiger partial charge in [0, 0.05) is 29.2 Å². The molecule has 0 aliphatic rings. The van der Waals surface area contributed by atoms with Gasteiger partial charge in [-0.3, -0.25) is 14.9 Å². The van der Waals surface area contributed by atoms with Gasteiger partial charge >= 0.3 is 0 Å². The predicted molar refractivity (Wildman–Crippen MR) is 82.7 cm³/mol. The highest BCUT2D eigenvalue weighted by Gasteiger charge is 2.16. The van der Waals surface area contributed by atoms with Gasteiger partial charge in [0.2, 0.25) is 0 Å². The molecule has 5 nitrogen and oxygen atoms in total. The summed E-state index contributed by atoms with van der Waals surface area (Å²) in [5.74, 6) is 0.370. The molecule has 0 saturated heterocycles. The third-order valence-corrected chi connectivity index (χ3v) is 3.93. The number of hydrogen-bond donors (Lipinski definition) is 1. The summed E-state index contributed by atoms with van der Waals surface area (Å²) in [6.07, 6.45) is 0. The maximum absolute atomic E-state index is 11.9. The Hall–Kier alpha value is -1.27. The van der Waals surface area contributed by atoms with E-state index in [1.165, 1.54) is 18.2 Å². The molecule has 1 rings (SSSR count). The minimum absolute atomic E-state index is 0.127. The first-order chi connectivity index (χ1) is 9.20. The standard InChI is InChI=1S/C13H17ClN2O3S/c1-13(2,3)20-7-6-15-12(17)10-8-9(16(18)19)4-5-11(10)14/h4-5,8H,6-7H2,1-3H3,(H,15,17). The molecule has 0 unspecified atom stereocenters. The second-order valence-corrected chi connectivity index (χ2v) is 7.47. The number of amides is 1. The molecule has 0 heterocycles. The van der Waals surface area contributed by atoms with Gasteiger partial charge in [-0.25, -0.2) is 0 Å². The number of nitrogens with one attached hydrogen (secondary N) is 1. The summed E-state index contributed by atoms with van der Waals surface area (Å²) in [4.78, 5) is 22.1. The number of halogens is 1. The number of non-ortho nitro benzene ring substituents is 1. The summed E-state index contributed by atoms with van der Waals surface area (Å²) in [5.41, 5.74) is -0.0229. The van der Waals surface area contributed by atoms with Crippen LogP contribution in [0.1, 0.15) is 31.1 Å². The summed E-state index contributed by atoms with van der Waals surface area (Å²) in [5, 5.41) is 13.6. The molecule has 0 bridgehead atoms. The number of nitro benzene ring substituents is 1. The van der Waals surface area contributed by atoms with E-state index in [9.17, 15) is 14.9 Å². The van der Waals surface area contributed by atoms with E-state index in [1.54, 1.807) is 11.8 Å². The van der Waals surface area contributed by atoms with Crippen LogP contribution in [0, 0.1) is 10.1 Å². The molecule has 0 fully saturated rings. The van der Waals surface area contributed by atoms with Gasteiger partial charge in [-0.15, -0.1) is 0 Å². The van der Waals surface area contributed by atoms with Crippen LogP contribution in [0.4, 0.5) is 5.69 Å². The smallest absolute Gasteiger partial charge is 0.270 e. The highest BCUT2D eigenvalue weighted by molar-refractivity contribution is 8.00. The van der Waals surface area contributed by atoms with Crippen molar-refractivity contribution in [3.8, 4) is 0 Å². The van der Waals surface area contributed by atoms with Gasteiger partial charge in [0.05, 0.1) is 15.5 Å². The summed E-state index contributed by atoms with van der Waals surface area (Å²) >= 11 is 7.62. The van der Waals surface area contributed by atoms with E-state index in [4.69, 9.17) is 11.6 Å². The van der Waals surface area contributed by atoms with Crippen LogP contribution in [0.5, 0.6) is 0 Å². The Bertz CT molecular complexity index is 515. The Morgan fingerprint density at radius 3 is 2.65 bits per heavy atom. The normalized spacial score (nSPS) is 11.2. The van der Waals surface area contributed by atoms with E-state index in [2.05, 4.69) is 26.1 Å². The lowest BCUT2D eigenvalue weighted by Gasteiger charge is -2.17. The van der Waals surface area contributed by atoms with Crippen LogP contribution in [-0.4, -0.2) is 27.9 Å². The van der Waals surface area contributed by atoms with Gasteiger partial charge in [-0.2, -0.15) is 11.8 Å². The first-order valence-corrected chi connectivity index (χ1v) is 7.43. The van der Waals surface area contributed by atoms with E-state index in [0.29, 0.717) is 6.54 Å². The zero-order valence-electron chi connectivity index (χ0n) is 11.6. The highest BCUT2D eigenvalue weighted by Crippen LogP contribution is 2.23. The van der Waals surface area contributed by atoms with Crippen molar-refractivity contribution in [3.05, 3.63) is 38.9 Å². The maximum atomic E-state index is 11.9. The molecular weight excluding hydrogens is 300 g/mol. The lowest BCUT2D eigenvalue weighted by Crippen LogP contribution is -2.27. The van der Waals surface area contributed by atoms with Crippen LogP contribution in [-0.2, 0) is 0 Å². The van der Waals surface area contributed by atoms with E-state index in [0.717, 1.165) is 5.75 Å². The number of thioether (sulfide) groups is 1. The van der Waals surface area contributed by atoms with Crippen molar-refractivity contribution in [1.29, 1.82) is 0 Å². The van der Waals surface area contributed by atoms with Crippen molar-refractivity contribution in [2.75, 3.05) is 12.3 Å². The van der Waals surface area contributed by atoms with E-state index in [-0.39, 0.29) is 21.0 Å². The minimum atomic E-state index is -0.553. The molecule has 0 aromatic heterocycles. The predicted octanol–water partition coefficient (Wildman–Crippen LogP) is 3.51. The molecule has 20 heavy (non-hydrogen) atoms. The van der Waals surface area contributed by atoms with Crippen molar-refractivity contribution >= 4 is 35.0 Å². The first kappa shape index (κ1) is 16.8. The SMILES string of the molecule is CC(C)(C)SCCNC(=O)c1cc([N+](=O)[O-])ccc1Cl. The van der Waals surface area contributed by atoms with Gasteiger partial charge in [-0.1, -0.05) is 32.4 Å². The van der Waals surface area contributed by atoms with E-state index < -0.39 is 10.8 Å². The summed E-state index contributed by atoms with van der Waals surface area (Å²) < 4.78 is 0.133. The van der Waals surface area contributed by atoms with Crippen molar-refractivity contribution in [2.45, 2.75) is 25.5 Å². The van der Waals surface area contributed by atoms with Crippen LogP contribution in [0.15, 0.2) is 18.2 Å². The van der Waals surface area contributed by atoms with Gasteiger partial charge < -0.3 is 5.32 Å². The topological polar surface area (TPSA) is 72.2 Å². The van der Waals surface area contributed by atoms with Crippen molar-refractivity contribution in [3.63, 3.8) is 0 Å². The number of nitro groups is 1. The van der Waals surface area contributed by atoms with Crippen LogP contribution in [0.2, 0.25) is 5.02 Å². The molecular formula is C13H17ClN2O3S. The monoisotopic (exact) mass is 316 g/mol. The fourth-order valence-electron chi connectivity index (χ4n) is 1.42. The van der Waals surface area contributed by atoms with Crippen molar-refractivity contribution in [2.24, 2.45) is 0 Å². The molecule has 1 aromatic rings. The van der Waals surface area contributed by atoms with E-state index in [1.807, 2.05) is 0 Å². The Morgan fingerprint density at radius 2 is 2.10 bits per heavy atom. The number of carbonyl (C=O) groups is 1. The average Bonchev–Trinajstić information content (AvgIpc) is 2.33. The molecule has 1 aromatic carbocycles. The van der Waals surface area contributed by atoms with Gasteiger partial charge in [0.1, 0.15) is 0 Å². The molecule has 0 spiro atoms. The summed E-state index contributed by atoms with van der Waals surface area (Å²) in [7, 11) is 0. The molecule has 0 saturated carbocycles. The third-order valence-electron chi connectivity index (χ3n) is 2.33. The lowest BCUT2D eigenvalue weighted by atomic mass is 10.2. The van der Waals surface area contributed by atoms with Gasteiger partial charge in [0.15, 0.2) is 0 Å². The maximum Gasteiger partial charge on any atom is 0.270 e. The molecule has 7 heteroatoms. The van der Waals surface area contributed by atoms with Crippen LogP contribution < -0.4 is 5.32 Å². The molecule has 0 atom stereocenters. The van der Waals surface area contributed by atoms with Crippen LogP contribution >= 0.6 is 23.4 Å². The fourth-order valence-corrected chi connectivity index (χ4v) is 2.44. The van der Waals surface area contributed by atoms with Gasteiger partial charge in [-0.05, 0) is 6.07 Å². The molecule has 0 aliphatic heterocycles.